The van der Waals surface area contributed by atoms with Crippen molar-refractivity contribution in [3.05, 3.63) is 23.4 Å². The first kappa shape index (κ1) is 14.4. The molecule has 0 amide bonds. The topological polar surface area (TPSA) is 72.2 Å². The van der Waals surface area contributed by atoms with Gasteiger partial charge < -0.3 is 15.3 Å². The van der Waals surface area contributed by atoms with Crippen molar-refractivity contribution in [2.75, 3.05) is 32.5 Å². The van der Waals surface area contributed by atoms with E-state index in [0.29, 0.717) is 24.5 Å². The smallest absolute Gasteiger partial charge is 0.144 e. The molecule has 1 unspecified atom stereocenters. The van der Waals surface area contributed by atoms with Gasteiger partial charge in [0.1, 0.15) is 11.9 Å². The number of nitrogens with one attached hydrogen (secondary N) is 1. The van der Waals surface area contributed by atoms with E-state index in [0.717, 1.165) is 5.56 Å². The predicted octanol–water partition coefficient (Wildman–Crippen LogP) is 0.986. The monoisotopic (exact) mass is 248 g/mol. The van der Waals surface area contributed by atoms with Gasteiger partial charge in [-0.2, -0.15) is 5.26 Å². The first-order valence-electron chi connectivity index (χ1n) is 5.82. The molecule has 18 heavy (non-hydrogen) atoms. The van der Waals surface area contributed by atoms with Gasteiger partial charge in [0.25, 0.3) is 0 Å². The van der Waals surface area contributed by atoms with Crippen molar-refractivity contribution in [1.29, 1.82) is 5.26 Å². The van der Waals surface area contributed by atoms with E-state index in [1.54, 1.807) is 19.2 Å². The van der Waals surface area contributed by atoms with Gasteiger partial charge in [-0.15, -0.1) is 0 Å². The normalized spacial score (nSPS) is 14.1. The molecule has 1 heterocycles. The summed E-state index contributed by atoms with van der Waals surface area (Å²) in [6.45, 7) is 4.50. The average Bonchev–Trinajstić information content (AvgIpc) is 2.24. The largest absolute Gasteiger partial charge is 0.387 e. The van der Waals surface area contributed by atoms with Gasteiger partial charge in [-0.25, -0.2) is 4.98 Å². The van der Waals surface area contributed by atoms with Crippen LogP contribution >= 0.6 is 0 Å². The predicted molar refractivity (Wildman–Crippen MR) is 71.4 cm³/mol. The Labute approximate surface area is 108 Å². The molecule has 5 heteroatoms. The van der Waals surface area contributed by atoms with Crippen LogP contribution in [-0.4, -0.2) is 47.8 Å². The minimum atomic E-state index is -0.873. The van der Waals surface area contributed by atoms with E-state index in [4.69, 9.17) is 5.26 Å². The fourth-order valence-corrected chi connectivity index (χ4v) is 1.84. The lowest BCUT2D eigenvalue weighted by Crippen LogP contribution is -2.43. The Morgan fingerprint density at radius 1 is 1.56 bits per heavy atom. The van der Waals surface area contributed by atoms with Crippen LogP contribution in [0.3, 0.4) is 0 Å². The number of hydrogen-bond donors (Lipinski definition) is 2. The molecule has 1 aromatic heterocycles. The van der Waals surface area contributed by atoms with Crippen LogP contribution in [0.25, 0.3) is 0 Å². The van der Waals surface area contributed by atoms with Crippen LogP contribution in [0.2, 0.25) is 0 Å². The zero-order valence-electron chi connectivity index (χ0n) is 11.4. The number of pyridine rings is 1. The molecule has 0 aliphatic heterocycles. The molecule has 0 saturated heterocycles. The minimum Gasteiger partial charge on any atom is -0.387 e. The molecule has 1 aromatic rings. The Hall–Kier alpha value is -1.64. The molecule has 0 spiro atoms. The van der Waals surface area contributed by atoms with E-state index in [-0.39, 0.29) is 0 Å². The van der Waals surface area contributed by atoms with Crippen LogP contribution in [0.4, 0.5) is 5.82 Å². The van der Waals surface area contributed by atoms with E-state index in [9.17, 15) is 5.11 Å². The maximum Gasteiger partial charge on any atom is 0.144 e. The third kappa shape index (κ3) is 3.99. The standard InChI is InChI=1S/C13H20N4O/c1-10-5-6-15-12(11(10)7-14)16-8-13(2,18)9-17(3)4/h5-6,18H,8-9H2,1-4H3,(H,15,16). The summed E-state index contributed by atoms with van der Waals surface area (Å²) in [6.07, 6.45) is 1.65. The van der Waals surface area contributed by atoms with Gasteiger partial charge in [0.05, 0.1) is 11.2 Å². The fraction of sp³-hybridized carbons (Fsp3) is 0.538. The maximum absolute atomic E-state index is 10.2. The van der Waals surface area contributed by atoms with Crippen LogP contribution in [0.15, 0.2) is 12.3 Å². The molecule has 0 aromatic carbocycles. The number of aromatic nitrogens is 1. The van der Waals surface area contributed by atoms with Gasteiger partial charge in [-0.05, 0) is 39.6 Å². The Kier molecular flexibility index (Phi) is 4.65. The van der Waals surface area contributed by atoms with Gasteiger partial charge in [0.2, 0.25) is 0 Å². The quantitative estimate of drug-likeness (QED) is 0.813. The number of anilines is 1. The van der Waals surface area contributed by atoms with Crippen molar-refractivity contribution < 1.29 is 5.11 Å². The summed E-state index contributed by atoms with van der Waals surface area (Å²) >= 11 is 0. The van der Waals surface area contributed by atoms with Gasteiger partial charge in [-0.3, -0.25) is 0 Å². The van der Waals surface area contributed by atoms with E-state index in [1.807, 2.05) is 25.9 Å². The Morgan fingerprint density at radius 3 is 2.78 bits per heavy atom. The summed E-state index contributed by atoms with van der Waals surface area (Å²) in [4.78, 5) is 6.05. The van der Waals surface area contributed by atoms with Gasteiger partial charge in [0, 0.05) is 19.3 Å². The van der Waals surface area contributed by atoms with E-state index < -0.39 is 5.60 Å². The van der Waals surface area contributed by atoms with E-state index in [2.05, 4.69) is 16.4 Å². The number of nitrogens with zero attached hydrogens (tertiary/aromatic N) is 3. The molecular formula is C13H20N4O. The van der Waals surface area contributed by atoms with Crippen LogP contribution in [0.1, 0.15) is 18.1 Å². The highest BCUT2D eigenvalue weighted by molar-refractivity contribution is 5.55. The molecular weight excluding hydrogens is 228 g/mol. The number of aliphatic hydroxyl groups is 1. The molecule has 0 radical (unpaired) electrons. The maximum atomic E-state index is 10.2. The van der Waals surface area contributed by atoms with E-state index in [1.165, 1.54) is 0 Å². The van der Waals surface area contributed by atoms with E-state index >= 15 is 0 Å². The van der Waals surface area contributed by atoms with Crippen LogP contribution in [0, 0.1) is 18.3 Å². The fourth-order valence-electron chi connectivity index (χ4n) is 1.84. The second-order valence-corrected chi connectivity index (χ2v) is 5.05. The van der Waals surface area contributed by atoms with Gasteiger partial charge in [0.15, 0.2) is 0 Å². The van der Waals surface area contributed by atoms with Crippen molar-refractivity contribution >= 4 is 5.82 Å². The molecule has 0 aliphatic carbocycles. The Balaban J connectivity index is 2.75. The zero-order chi connectivity index (χ0) is 13.8. The SMILES string of the molecule is Cc1ccnc(NCC(C)(O)CN(C)C)c1C#N. The summed E-state index contributed by atoms with van der Waals surface area (Å²) in [5.41, 5.74) is 0.530. The molecule has 0 aliphatic rings. The van der Waals surface area contributed by atoms with Crippen LogP contribution < -0.4 is 5.32 Å². The van der Waals surface area contributed by atoms with Crippen LogP contribution in [-0.2, 0) is 0 Å². The third-order valence-corrected chi connectivity index (χ3v) is 2.56. The Bertz CT molecular complexity index is 449. The molecule has 1 rings (SSSR count). The summed E-state index contributed by atoms with van der Waals surface area (Å²) in [5, 5.41) is 22.3. The van der Waals surface area contributed by atoms with Crippen molar-refractivity contribution in [3.8, 4) is 6.07 Å². The lowest BCUT2D eigenvalue weighted by Gasteiger charge is -2.27. The molecule has 1 atom stereocenters. The lowest BCUT2D eigenvalue weighted by atomic mass is 10.1. The highest BCUT2D eigenvalue weighted by Crippen LogP contribution is 2.16. The highest BCUT2D eigenvalue weighted by atomic mass is 16.3. The third-order valence-electron chi connectivity index (χ3n) is 2.56. The molecule has 0 fully saturated rings. The van der Waals surface area contributed by atoms with Gasteiger partial charge in [-0.1, -0.05) is 0 Å². The van der Waals surface area contributed by atoms with Gasteiger partial charge >= 0.3 is 0 Å². The summed E-state index contributed by atoms with van der Waals surface area (Å²) < 4.78 is 0. The first-order valence-corrected chi connectivity index (χ1v) is 5.82. The van der Waals surface area contributed by atoms with Crippen molar-refractivity contribution in [2.24, 2.45) is 0 Å². The molecule has 5 nitrogen and oxygen atoms in total. The molecule has 98 valence electrons. The second-order valence-electron chi connectivity index (χ2n) is 5.05. The molecule has 2 N–H and O–H groups in total. The number of hydrogen-bond acceptors (Lipinski definition) is 5. The van der Waals surface area contributed by atoms with Crippen molar-refractivity contribution in [3.63, 3.8) is 0 Å². The zero-order valence-corrected chi connectivity index (χ0v) is 11.4. The number of rotatable bonds is 5. The lowest BCUT2D eigenvalue weighted by molar-refractivity contribution is 0.0459. The average molecular weight is 248 g/mol. The summed E-state index contributed by atoms with van der Waals surface area (Å²) in [7, 11) is 3.81. The molecule has 0 bridgehead atoms. The molecule has 0 saturated carbocycles. The number of likely N-dealkylation sites (N-methyl/N-ethyl adjacent to an activating group) is 1. The van der Waals surface area contributed by atoms with Crippen molar-refractivity contribution in [1.82, 2.24) is 9.88 Å². The van der Waals surface area contributed by atoms with Crippen LogP contribution in [0.5, 0.6) is 0 Å². The highest BCUT2D eigenvalue weighted by Gasteiger charge is 2.21. The summed E-state index contributed by atoms with van der Waals surface area (Å²) in [5.74, 6) is 0.525. The second kappa shape index (κ2) is 5.80. The minimum absolute atomic E-state index is 0.344. The first-order chi connectivity index (χ1) is 8.35. The number of nitriles is 1. The number of aryl methyl sites for hydroxylation is 1. The Morgan fingerprint density at radius 2 is 2.22 bits per heavy atom. The van der Waals surface area contributed by atoms with Crippen molar-refractivity contribution in [2.45, 2.75) is 19.4 Å². The summed E-state index contributed by atoms with van der Waals surface area (Å²) in [6, 6.07) is 3.92.